The predicted octanol–water partition coefficient (Wildman–Crippen LogP) is 1.15. The smallest absolute Gasteiger partial charge is 0.410 e. The topological polar surface area (TPSA) is 55.6 Å². The molecule has 0 spiro atoms. The van der Waals surface area contributed by atoms with Gasteiger partial charge in [0.15, 0.2) is 0 Å². The third-order valence-corrected chi connectivity index (χ3v) is 2.80. The lowest BCUT2D eigenvalue weighted by atomic mass is 10.1. The van der Waals surface area contributed by atoms with Gasteiger partial charge in [-0.25, -0.2) is 9.18 Å². The van der Waals surface area contributed by atoms with Gasteiger partial charge in [-0.15, -0.1) is 0 Å². The summed E-state index contributed by atoms with van der Waals surface area (Å²) in [6, 6.07) is 6.33. The Morgan fingerprint density at radius 1 is 1.53 bits per heavy atom. The van der Waals surface area contributed by atoms with E-state index in [9.17, 15) is 9.18 Å². The zero-order valence-electron chi connectivity index (χ0n) is 9.43. The molecule has 92 valence electrons. The molecule has 1 atom stereocenters. The summed E-state index contributed by atoms with van der Waals surface area (Å²) in [5.74, 6) is -0.266. The first kappa shape index (κ1) is 11.9. The van der Waals surface area contributed by atoms with Crippen molar-refractivity contribution in [3.8, 4) is 0 Å². The minimum atomic E-state index is -0.336. The number of ether oxygens (including phenoxy) is 1. The molecule has 1 saturated heterocycles. The number of rotatable bonds is 4. The molecule has 1 heterocycles. The number of amides is 1. The number of nitrogens with zero attached hydrogens (tertiary/aromatic N) is 1. The molecule has 5 heteroatoms. The second-order valence-electron chi connectivity index (χ2n) is 4.05. The Balaban J connectivity index is 2.05. The average Bonchev–Trinajstić information content (AvgIpc) is 2.62. The van der Waals surface area contributed by atoms with E-state index in [2.05, 4.69) is 0 Å². The molecule has 0 saturated carbocycles. The average molecular weight is 238 g/mol. The van der Waals surface area contributed by atoms with Crippen LogP contribution in [-0.2, 0) is 11.2 Å². The third kappa shape index (κ3) is 2.74. The highest BCUT2D eigenvalue weighted by atomic mass is 19.1. The first-order valence-corrected chi connectivity index (χ1v) is 5.58. The Bertz CT molecular complexity index is 411. The number of hydrogen-bond acceptors (Lipinski definition) is 3. The number of nitrogens with two attached hydrogens (primary N) is 1. The van der Waals surface area contributed by atoms with E-state index < -0.39 is 0 Å². The minimum absolute atomic E-state index is 0.0483. The Morgan fingerprint density at radius 2 is 2.35 bits per heavy atom. The molecular formula is C12H15FN2O2. The molecular weight excluding hydrogens is 223 g/mol. The van der Waals surface area contributed by atoms with Crippen molar-refractivity contribution in [1.29, 1.82) is 0 Å². The molecule has 1 aliphatic rings. The summed E-state index contributed by atoms with van der Waals surface area (Å²) in [5, 5.41) is 0. The van der Waals surface area contributed by atoms with Crippen molar-refractivity contribution < 1.29 is 13.9 Å². The van der Waals surface area contributed by atoms with Crippen LogP contribution in [0.2, 0.25) is 0 Å². The van der Waals surface area contributed by atoms with E-state index in [0.29, 0.717) is 26.1 Å². The van der Waals surface area contributed by atoms with E-state index in [1.807, 2.05) is 6.07 Å². The van der Waals surface area contributed by atoms with Crippen LogP contribution in [0.15, 0.2) is 24.3 Å². The van der Waals surface area contributed by atoms with Crippen molar-refractivity contribution in [2.24, 2.45) is 5.73 Å². The van der Waals surface area contributed by atoms with Gasteiger partial charge in [0.2, 0.25) is 0 Å². The molecule has 0 aromatic heterocycles. The highest BCUT2D eigenvalue weighted by Gasteiger charge is 2.32. The van der Waals surface area contributed by atoms with Crippen LogP contribution in [0.25, 0.3) is 0 Å². The molecule has 4 nitrogen and oxygen atoms in total. The van der Waals surface area contributed by atoms with Crippen LogP contribution in [0, 0.1) is 5.82 Å². The lowest BCUT2D eigenvalue weighted by Gasteiger charge is -2.20. The van der Waals surface area contributed by atoms with Crippen LogP contribution in [0.4, 0.5) is 9.18 Å². The fourth-order valence-electron chi connectivity index (χ4n) is 2.01. The summed E-state index contributed by atoms with van der Waals surface area (Å²) >= 11 is 0. The Kier molecular flexibility index (Phi) is 3.58. The molecule has 1 aromatic carbocycles. The molecule has 0 bridgehead atoms. The van der Waals surface area contributed by atoms with Gasteiger partial charge < -0.3 is 15.4 Å². The van der Waals surface area contributed by atoms with Crippen LogP contribution in [-0.4, -0.2) is 36.7 Å². The van der Waals surface area contributed by atoms with E-state index in [1.165, 1.54) is 12.1 Å². The van der Waals surface area contributed by atoms with Gasteiger partial charge >= 0.3 is 6.09 Å². The number of carbonyl (C=O) groups excluding carboxylic acids is 1. The zero-order valence-corrected chi connectivity index (χ0v) is 9.43. The molecule has 1 aromatic rings. The van der Waals surface area contributed by atoms with E-state index >= 15 is 0 Å². The molecule has 0 aliphatic carbocycles. The van der Waals surface area contributed by atoms with Crippen LogP contribution < -0.4 is 5.73 Å². The molecule has 2 rings (SSSR count). The Labute approximate surface area is 99.2 Å². The second kappa shape index (κ2) is 5.14. The fraction of sp³-hybridized carbons (Fsp3) is 0.417. The number of benzene rings is 1. The SMILES string of the molecule is NCCN1C(=O)OCC1Cc1cccc(F)c1. The number of hydrogen-bond donors (Lipinski definition) is 1. The summed E-state index contributed by atoms with van der Waals surface area (Å²) in [6.45, 7) is 1.21. The standard InChI is InChI=1S/C12H15FN2O2/c13-10-3-1-2-9(6-10)7-11-8-17-12(16)15(11)5-4-14/h1-3,6,11H,4-5,7-8,14H2. The van der Waals surface area contributed by atoms with Gasteiger partial charge in [-0.2, -0.15) is 0 Å². The number of carbonyl (C=O) groups is 1. The summed E-state index contributed by atoms with van der Waals surface area (Å²) < 4.78 is 18.0. The minimum Gasteiger partial charge on any atom is -0.447 e. The number of cyclic esters (lactones) is 1. The predicted molar refractivity (Wildman–Crippen MR) is 61.0 cm³/mol. The van der Waals surface area contributed by atoms with Gasteiger partial charge in [-0.1, -0.05) is 12.1 Å². The van der Waals surface area contributed by atoms with E-state index in [0.717, 1.165) is 5.56 Å². The molecule has 0 radical (unpaired) electrons. The quantitative estimate of drug-likeness (QED) is 0.856. The maximum atomic E-state index is 13.0. The monoisotopic (exact) mass is 238 g/mol. The van der Waals surface area contributed by atoms with Crippen molar-refractivity contribution in [3.05, 3.63) is 35.6 Å². The van der Waals surface area contributed by atoms with Crippen LogP contribution in [0.1, 0.15) is 5.56 Å². The van der Waals surface area contributed by atoms with Crippen molar-refractivity contribution >= 4 is 6.09 Å². The summed E-state index contributed by atoms with van der Waals surface area (Å²) in [5.41, 5.74) is 6.30. The number of halogens is 1. The fourth-order valence-corrected chi connectivity index (χ4v) is 2.01. The molecule has 1 amide bonds. The van der Waals surface area contributed by atoms with Gasteiger partial charge in [-0.3, -0.25) is 0 Å². The van der Waals surface area contributed by atoms with Crippen molar-refractivity contribution in [3.63, 3.8) is 0 Å². The van der Waals surface area contributed by atoms with Crippen LogP contribution in [0.5, 0.6) is 0 Å². The van der Waals surface area contributed by atoms with Crippen molar-refractivity contribution in [2.45, 2.75) is 12.5 Å². The van der Waals surface area contributed by atoms with Crippen LogP contribution in [0.3, 0.4) is 0 Å². The highest BCUT2D eigenvalue weighted by Crippen LogP contribution is 2.17. The van der Waals surface area contributed by atoms with E-state index in [-0.39, 0.29) is 18.0 Å². The largest absolute Gasteiger partial charge is 0.447 e. The first-order chi connectivity index (χ1) is 8.20. The zero-order chi connectivity index (χ0) is 12.3. The van der Waals surface area contributed by atoms with Crippen molar-refractivity contribution in [2.75, 3.05) is 19.7 Å². The lowest BCUT2D eigenvalue weighted by molar-refractivity contribution is 0.158. The summed E-state index contributed by atoms with van der Waals surface area (Å²) in [6.07, 6.45) is 0.251. The van der Waals surface area contributed by atoms with Crippen molar-refractivity contribution in [1.82, 2.24) is 4.90 Å². The normalized spacial score (nSPS) is 19.5. The van der Waals surface area contributed by atoms with Gasteiger partial charge in [-0.05, 0) is 24.1 Å². The van der Waals surface area contributed by atoms with Gasteiger partial charge in [0.05, 0.1) is 6.04 Å². The van der Waals surface area contributed by atoms with Gasteiger partial charge in [0.25, 0.3) is 0 Å². The molecule has 17 heavy (non-hydrogen) atoms. The molecule has 1 fully saturated rings. The Hall–Kier alpha value is -1.62. The lowest BCUT2D eigenvalue weighted by Crippen LogP contribution is -2.38. The summed E-state index contributed by atoms with van der Waals surface area (Å²) in [7, 11) is 0. The third-order valence-electron chi connectivity index (χ3n) is 2.80. The molecule has 2 N–H and O–H groups in total. The Morgan fingerprint density at radius 3 is 3.06 bits per heavy atom. The van der Waals surface area contributed by atoms with Crippen LogP contribution >= 0.6 is 0 Å². The molecule has 1 unspecified atom stereocenters. The maximum absolute atomic E-state index is 13.0. The van der Waals surface area contributed by atoms with Gasteiger partial charge in [0.1, 0.15) is 12.4 Å². The maximum Gasteiger partial charge on any atom is 0.410 e. The second-order valence-corrected chi connectivity index (χ2v) is 4.05. The van der Waals surface area contributed by atoms with E-state index in [4.69, 9.17) is 10.5 Å². The van der Waals surface area contributed by atoms with Gasteiger partial charge in [0, 0.05) is 13.1 Å². The summed E-state index contributed by atoms with van der Waals surface area (Å²) in [4.78, 5) is 13.0. The first-order valence-electron chi connectivity index (χ1n) is 5.58. The van der Waals surface area contributed by atoms with E-state index in [1.54, 1.807) is 11.0 Å². The molecule has 1 aliphatic heterocycles. The highest BCUT2D eigenvalue weighted by molar-refractivity contribution is 5.70.